The number of methoxy groups -OCH3 is 1. The van der Waals surface area contributed by atoms with Gasteiger partial charge in [0.1, 0.15) is 11.6 Å². The van der Waals surface area contributed by atoms with Crippen LogP contribution in [0.5, 0.6) is 5.75 Å². The molecule has 1 heterocycles. The third-order valence-electron chi connectivity index (χ3n) is 4.17. The molecule has 3 aromatic rings. The number of halogens is 1. The second-order valence-corrected chi connectivity index (χ2v) is 6.60. The Morgan fingerprint density at radius 3 is 2.56 bits per heavy atom. The van der Waals surface area contributed by atoms with Crippen LogP contribution in [0.25, 0.3) is 0 Å². The highest BCUT2D eigenvalue weighted by Crippen LogP contribution is 2.30. The molecule has 3 rings (SSSR count). The molecule has 0 spiro atoms. The maximum absolute atomic E-state index is 6.12. The van der Waals surface area contributed by atoms with E-state index in [-0.39, 0.29) is 0 Å². The quantitative estimate of drug-likeness (QED) is 0.607. The summed E-state index contributed by atoms with van der Waals surface area (Å²) in [7, 11) is 1.62. The SMILES string of the molecule is CCN(Cc1ccccc1)c1cc(C)nc(Nc2cc(Cl)ccc2OC)n1. The van der Waals surface area contributed by atoms with Crippen molar-refractivity contribution in [2.24, 2.45) is 0 Å². The molecule has 140 valence electrons. The summed E-state index contributed by atoms with van der Waals surface area (Å²) in [6, 6.07) is 17.7. The smallest absolute Gasteiger partial charge is 0.229 e. The van der Waals surface area contributed by atoms with Gasteiger partial charge in [-0.25, -0.2) is 4.98 Å². The number of hydrogen-bond acceptors (Lipinski definition) is 5. The first-order valence-corrected chi connectivity index (χ1v) is 9.22. The van der Waals surface area contributed by atoms with Crippen molar-refractivity contribution in [1.82, 2.24) is 9.97 Å². The van der Waals surface area contributed by atoms with E-state index in [0.29, 0.717) is 16.7 Å². The Kier molecular flexibility index (Phi) is 6.14. The number of aromatic nitrogens is 2. The van der Waals surface area contributed by atoms with Gasteiger partial charge in [-0.1, -0.05) is 41.9 Å². The van der Waals surface area contributed by atoms with E-state index >= 15 is 0 Å². The van der Waals surface area contributed by atoms with E-state index in [1.807, 2.05) is 37.3 Å². The Balaban J connectivity index is 1.88. The molecule has 2 aromatic carbocycles. The molecule has 0 unspecified atom stereocenters. The normalized spacial score (nSPS) is 10.5. The first-order valence-electron chi connectivity index (χ1n) is 8.84. The lowest BCUT2D eigenvalue weighted by molar-refractivity contribution is 0.417. The molecular formula is C21H23ClN4O. The van der Waals surface area contributed by atoms with Gasteiger partial charge in [0.05, 0.1) is 12.8 Å². The highest BCUT2D eigenvalue weighted by atomic mass is 35.5. The number of nitrogens with one attached hydrogen (secondary N) is 1. The molecule has 0 saturated heterocycles. The second-order valence-electron chi connectivity index (χ2n) is 6.16. The van der Waals surface area contributed by atoms with E-state index < -0.39 is 0 Å². The van der Waals surface area contributed by atoms with Gasteiger partial charge in [-0.2, -0.15) is 4.98 Å². The predicted molar refractivity (Wildman–Crippen MR) is 111 cm³/mol. The molecule has 0 amide bonds. The maximum atomic E-state index is 6.12. The Labute approximate surface area is 165 Å². The van der Waals surface area contributed by atoms with Crippen LogP contribution in [-0.2, 0) is 6.54 Å². The van der Waals surface area contributed by atoms with Crippen LogP contribution in [-0.4, -0.2) is 23.6 Å². The number of hydrogen-bond donors (Lipinski definition) is 1. The van der Waals surface area contributed by atoms with Crippen LogP contribution >= 0.6 is 11.6 Å². The van der Waals surface area contributed by atoms with Crippen LogP contribution in [0.3, 0.4) is 0 Å². The van der Waals surface area contributed by atoms with Crippen LogP contribution in [0.1, 0.15) is 18.2 Å². The third kappa shape index (κ3) is 4.89. The second kappa shape index (κ2) is 8.73. The van der Waals surface area contributed by atoms with Crippen molar-refractivity contribution in [3.63, 3.8) is 0 Å². The fraction of sp³-hybridized carbons (Fsp3) is 0.238. The van der Waals surface area contributed by atoms with Gasteiger partial charge in [0, 0.05) is 29.9 Å². The van der Waals surface area contributed by atoms with Gasteiger partial charge in [0.15, 0.2) is 0 Å². The maximum Gasteiger partial charge on any atom is 0.229 e. The lowest BCUT2D eigenvalue weighted by Gasteiger charge is -2.23. The Morgan fingerprint density at radius 2 is 1.85 bits per heavy atom. The number of rotatable bonds is 7. The largest absolute Gasteiger partial charge is 0.495 e. The molecule has 0 saturated carbocycles. The van der Waals surface area contributed by atoms with Crippen molar-refractivity contribution in [1.29, 1.82) is 0 Å². The Bertz CT molecular complexity index is 902. The zero-order valence-electron chi connectivity index (χ0n) is 15.7. The molecule has 0 aliphatic rings. The molecule has 6 heteroatoms. The van der Waals surface area contributed by atoms with Crippen LogP contribution in [0.2, 0.25) is 5.02 Å². The molecule has 27 heavy (non-hydrogen) atoms. The monoisotopic (exact) mass is 382 g/mol. The molecule has 5 nitrogen and oxygen atoms in total. The van der Waals surface area contributed by atoms with Gasteiger partial charge in [-0.05, 0) is 37.6 Å². The lowest BCUT2D eigenvalue weighted by atomic mass is 10.2. The van der Waals surface area contributed by atoms with E-state index in [4.69, 9.17) is 21.3 Å². The molecule has 1 N–H and O–H groups in total. The molecule has 0 aliphatic carbocycles. The minimum atomic E-state index is 0.511. The molecule has 0 bridgehead atoms. The molecule has 0 fully saturated rings. The minimum Gasteiger partial charge on any atom is -0.495 e. The van der Waals surface area contributed by atoms with Gasteiger partial charge >= 0.3 is 0 Å². The fourth-order valence-corrected chi connectivity index (χ4v) is 3.00. The summed E-state index contributed by atoms with van der Waals surface area (Å²) < 4.78 is 5.39. The van der Waals surface area contributed by atoms with Gasteiger partial charge in [-0.15, -0.1) is 0 Å². The number of aryl methyl sites for hydroxylation is 1. The lowest BCUT2D eigenvalue weighted by Crippen LogP contribution is -2.23. The minimum absolute atomic E-state index is 0.511. The topological polar surface area (TPSA) is 50.3 Å². The summed E-state index contributed by atoms with van der Waals surface area (Å²) >= 11 is 6.12. The van der Waals surface area contributed by atoms with Crippen molar-refractivity contribution < 1.29 is 4.74 Å². The summed E-state index contributed by atoms with van der Waals surface area (Å²) in [4.78, 5) is 11.4. The number of ether oxygens (including phenoxy) is 1. The van der Waals surface area contributed by atoms with Gasteiger partial charge in [0.25, 0.3) is 0 Å². The standard InChI is InChI=1S/C21H23ClN4O/c1-4-26(14-16-8-6-5-7-9-16)20-12-15(2)23-21(25-20)24-18-13-17(22)10-11-19(18)27-3/h5-13H,4,14H2,1-3H3,(H,23,24,25). The Hall–Kier alpha value is -2.79. The first kappa shape index (κ1) is 19.0. The van der Waals surface area contributed by atoms with E-state index in [9.17, 15) is 0 Å². The first-order chi connectivity index (χ1) is 13.1. The summed E-state index contributed by atoms with van der Waals surface area (Å²) in [5, 5.41) is 3.85. The highest BCUT2D eigenvalue weighted by Gasteiger charge is 2.12. The Morgan fingerprint density at radius 1 is 1.07 bits per heavy atom. The average Bonchev–Trinajstić information content (AvgIpc) is 2.66. The number of nitrogens with zero attached hydrogens (tertiary/aromatic N) is 3. The van der Waals surface area contributed by atoms with Crippen molar-refractivity contribution >= 4 is 29.1 Å². The molecule has 0 aliphatic heterocycles. The van der Waals surface area contributed by atoms with Crippen molar-refractivity contribution in [3.8, 4) is 5.75 Å². The summed E-state index contributed by atoms with van der Waals surface area (Å²) in [6.45, 7) is 5.70. The van der Waals surface area contributed by atoms with Crippen molar-refractivity contribution in [2.75, 3.05) is 23.9 Å². The van der Waals surface area contributed by atoms with E-state index in [1.165, 1.54) is 5.56 Å². The summed E-state index contributed by atoms with van der Waals surface area (Å²) in [5.74, 6) is 2.07. The van der Waals surface area contributed by atoms with Crippen LogP contribution in [0.4, 0.5) is 17.5 Å². The van der Waals surface area contributed by atoms with Crippen molar-refractivity contribution in [3.05, 3.63) is 70.9 Å². The molecular weight excluding hydrogens is 360 g/mol. The highest BCUT2D eigenvalue weighted by molar-refractivity contribution is 6.31. The van der Waals surface area contributed by atoms with Gasteiger partial charge in [0.2, 0.25) is 5.95 Å². The average molecular weight is 383 g/mol. The fourth-order valence-electron chi connectivity index (χ4n) is 2.83. The van der Waals surface area contributed by atoms with Crippen molar-refractivity contribution in [2.45, 2.75) is 20.4 Å². The predicted octanol–water partition coefficient (Wildman–Crippen LogP) is 5.22. The molecule has 0 atom stereocenters. The van der Waals surface area contributed by atoms with Crippen LogP contribution in [0.15, 0.2) is 54.6 Å². The summed E-state index contributed by atoms with van der Waals surface area (Å²) in [5.41, 5.74) is 2.85. The van der Waals surface area contributed by atoms with E-state index in [1.54, 1.807) is 19.2 Å². The third-order valence-corrected chi connectivity index (χ3v) is 4.41. The van der Waals surface area contributed by atoms with E-state index in [2.05, 4.69) is 34.3 Å². The number of benzene rings is 2. The summed E-state index contributed by atoms with van der Waals surface area (Å²) in [6.07, 6.45) is 0. The van der Waals surface area contributed by atoms with Gasteiger partial charge in [-0.3, -0.25) is 0 Å². The van der Waals surface area contributed by atoms with E-state index in [0.717, 1.165) is 30.3 Å². The van der Waals surface area contributed by atoms with Crippen LogP contribution < -0.4 is 15.0 Å². The van der Waals surface area contributed by atoms with Crippen LogP contribution in [0, 0.1) is 6.92 Å². The van der Waals surface area contributed by atoms with Gasteiger partial charge < -0.3 is 15.0 Å². The zero-order chi connectivity index (χ0) is 19.2. The number of anilines is 3. The zero-order valence-corrected chi connectivity index (χ0v) is 16.5. The molecule has 0 radical (unpaired) electrons. The molecule has 1 aromatic heterocycles.